The first-order valence-electron chi connectivity index (χ1n) is 9.44. The summed E-state index contributed by atoms with van der Waals surface area (Å²) in [6, 6.07) is 13.8. The summed E-state index contributed by atoms with van der Waals surface area (Å²) in [4.78, 5) is 21.3. The second kappa shape index (κ2) is 7.98. The molecule has 5 nitrogen and oxygen atoms in total. The van der Waals surface area contributed by atoms with Crippen LogP contribution in [0, 0.1) is 0 Å². The summed E-state index contributed by atoms with van der Waals surface area (Å²) in [6.45, 7) is 6.34. The first-order valence-corrected chi connectivity index (χ1v) is 9.44. The molecule has 0 amide bonds. The summed E-state index contributed by atoms with van der Waals surface area (Å²) in [5.41, 5.74) is 2.93. The van der Waals surface area contributed by atoms with E-state index in [1.54, 1.807) is 0 Å². The molecule has 3 heterocycles. The van der Waals surface area contributed by atoms with Gasteiger partial charge in [-0.05, 0) is 37.6 Å². The van der Waals surface area contributed by atoms with Crippen LogP contribution in [0.25, 0.3) is 0 Å². The zero-order valence-corrected chi connectivity index (χ0v) is 15.0. The fourth-order valence-corrected chi connectivity index (χ4v) is 3.83. The Morgan fingerprint density at radius 3 is 2.58 bits per heavy atom. The Morgan fingerprint density at radius 2 is 1.77 bits per heavy atom. The van der Waals surface area contributed by atoms with Gasteiger partial charge in [0.25, 0.3) is 0 Å². The van der Waals surface area contributed by atoms with E-state index in [9.17, 15) is 4.79 Å². The van der Waals surface area contributed by atoms with Crippen LogP contribution in [0.4, 0.5) is 0 Å². The van der Waals surface area contributed by atoms with Crippen LogP contribution in [0.15, 0.2) is 48.7 Å². The third kappa shape index (κ3) is 3.94. The van der Waals surface area contributed by atoms with Crippen molar-refractivity contribution in [1.82, 2.24) is 14.8 Å². The fourth-order valence-electron chi connectivity index (χ4n) is 3.83. The molecule has 1 aromatic heterocycles. The van der Waals surface area contributed by atoms with Crippen molar-refractivity contribution >= 4 is 5.97 Å². The SMILES string of the molecule is O=C1OC(CCCN2CCN(Cc3ccccn3)CC2)c2ccccc21. The summed E-state index contributed by atoms with van der Waals surface area (Å²) in [5, 5.41) is 0. The van der Waals surface area contributed by atoms with Crippen LogP contribution in [0.3, 0.4) is 0 Å². The Hall–Kier alpha value is -2.24. The number of fused-ring (bicyclic) bond motifs is 1. The highest BCUT2D eigenvalue weighted by Crippen LogP contribution is 2.33. The molecular weight excluding hydrogens is 326 g/mol. The van der Waals surface area contributed by atoms with Crippen molar-refractivity contribution in [3.8, 4) is 0 Å². The summed E-state index contributed by atoms with van der Waals surface area (Å²) in [7, 11) is 0. The summed E-state index contributed by atoms with van der Waals surface area (Å²) in [6.07, 6.45) is 3.74. The summed E-state index contributed by atoms with van der Waals surface area (Å²) >= 11 is 0. The Morgan fingerprint density at radius 1 is 1.00 bits per heavy atom. The van der Waals surface area contributed by atoms with E-state index < -0.39 is 0 Å². The van der Waals surface area contributed by atoms with Gasteiger partial charge in [0.1, 0.15) is 6.10 Å². The highest BCUT2D eigenvalue weighted by atomic mass is 16.5. The standard InChI is InChI=1S/C21H25N3O2/c25-21-19-8-2-1-7-18(19)20(26-21)9-5-11-23-12-14-24(15-13-23)16-17-6-3-4-10-22-17/h1-4,6-8,10,20H,5,9,11-16H2. The Balaban J connectivity index is 1.20. The molecule has 0 saturated carbocycles. The molecule has 26 heavy (non-hydrogen) atoms. The molecule has 2 aliphatic rings. The molecule has 1 fully saturated rings. The Bertz CT molecular complexity index is 742. The zero-order valence-electron chi connectivity index (χ0n) is 15.0. The number of benzene rings is 1. The lowest BCUT2D eigenvalue weighted by atomic mass is 10.0. The number of esters is 1. The summed E-state index contributed by atoms with van der Waals surface area (Å²) < 4.78 is 5.53. The van der Waals surface area contributed by atoms with Crippen molar-refractivity contribution < 1.29 is 9.53 Å². The van der Waals surface area contributed by atoms with Gasteiger partial charge >= 0.3 is 5.97 Å². The fraction of sp³-hybridized carbons (Fsp3) is 0.429. The van der Waals surface area contributed by atoms with Gasteiger partial charge in [0.15, 0.2) is 0 Å². The molecule has 0 bridgehead atoms. The van der Waals surface area contributed by atoms with Crippen LogP contribution >= 0.6 is 0 Å². The van der Waals surface area contributed by atoms with Gasteiger partial charge in [0.2, 0.25) is 0 Å². The van der Waals surface area contributed by atoms with Crippen molar-refractivity contribution in [2.75, 3.05) is 32.7 Å². The lowest BCUT2D eigenvalue weighted by Crippen LogP contribution is -2.46. The third-order valence-electron chi connectivity index (χ3n) is 5.29. The molecule has 136 valence electrons. The van der Waals surface area contributed by atoms with Gasteiger partial charge in [0.05, 0.1) is 11.3 Å². The smallest absolute Gasteiger partial charge is 0.339 e. The molecule has 1 atom stereocenters. The van der Waals surface area contributed by atoms with Crippen LogP contribution in [0.2, 0.25) is 0 Å². The molecular formula is C21H25N3O2. The van der Waals surface area contributed by atoms with Crippen LogP contribution in [-0.4, -0.2) is 53.5 Å². The van der Waals surface area contributed by atoms with Gasteiger partial charge in [-0.3, -0.25) is 9.88 Å². The van der Waals surface area contributed by atoms with Gasteiger partial charge < -0.3 is 9.64 Å². The average Bonchev–Trinajstić information content (AvgIpc) is 3.00. The van der Waals surface area contributed by atoms with Crippen molar-refractivity contribution in [3.63, 3.8) is 0 Å². The minimum Gasteiger partial charge on any atom is -0.454 e. The number of cyclic esters (lactones) is 1. The normalized spacial score (nSPS) is 20.8. The third-order valence-corrected chi connectivity index (χ3v) is 5.29. The van der Waals surface area contributed by atoms with E-state index in [4.69, 9.17) is 4.74 Å². The zero-order chi connectivity index (χ0) is 17.8. The van der Waals surface area contributed by atoms with E-state index in [0.717, 1.165) is 68.9 Å². The van der Waals surface area contributed by atoms with E-state index in [0.29, 0.717) is 0 Å². The number of carbonyl (C=O) groups is 1. The average molecular weight is 351 g/mol. The van der Waals surface area contributed by atoms with Crippen molar-refractivity contribution in [2.24, 2.45) is 0 Å². The Kier molecular flexibility index (Phi) is 5.27. The first-order chi connectivity index (χ1) is 12.8. The summed E-state index contributed by atoms with van der Waals surface area (Å²) in [5.74, 6) is -0.172. The molecule has 0 aliphatic carbocycles. The molecule has 0 spiro atoms. The van der Waals surface area contributed by atoms with Crippen molar-refractivity contribution in [3.05, 3.63) is 65.5 Å². The predicted octanol–water partition coefficient (Wildman–Crippen LogP) is 2.89. The molecule has 0 radical (unpaired) electrons. The van der Waals surface area contributed by atoms with Crippen LogP contribution in [0.5, 0.6) is 0 Å². The van der Waals surface area contributed by atoms with Gasteiger partial charge in [-0.2, -0.15) is 0 Å². The monoisotopic (exact) mass is 351 g/mol. The van der Waals surface area contributed by atoms with E-state index in [-0.39, 0.29) is 12.1 Å². The minimum absolute atomic E-state index is 0.0656. The molecule has 4 rings (SSSR count). The maximum Gasteiger partial charge on any atom is 0.339 e. The van der Waals surface area contributed by atoms with Crippen molar-refractivity contribution in [1.29, 1.82) is 0 Å². The number of hydrogen-bond acceptors (Lipinski definition) is 5. The second-order valence-corrected chi connectivity index (χ2v) is 7.06. The van der Waals surface area contributed by atoms with Gasteiger partial charge in [-0.1, -0.05) is 24.3 Å². The number of nitrogens with zero attached hydrogens (tertiary/aromatic N) is 3. The molecule has 5 heteroatoms. The molecule has 1 saturated heterocycles. The number of aromatic nitrogens is 1. The quantitative estimate of drug-likeness (QED) is 0.749. The molecule has 0 N–H and O–H groups in total. The minimum atomic E-state index is -0.172. The van der Waals surface area contributed by atoms with Crippen molar-refractivity contribution in [2.45, 2.75) is 25.5 Å². The van der Waals surface area contributed by atoms with Crippen LogP contribution in [-0.2, 0) is 11.3 Å². The number of piperazine rings is 1. The largest absolute Gasteiger partial charge is 0.454 e. The topological polar surface area (TPSA) is 45.7 Å². The van der Waals surface area contributed by atoms with Gasteiger partial charge in [-0.15, -0.1) is 0 Å². The van der Waals surface area contributed by atoms with Crippen LogP contribution < -0.4 is 0 Å². The molecule has 1 unspecified atom stereocenters. The van der Waals surface area contributed by atoms with E-state index in [1.807, 2.05) is 42.6 Å². The van der Waals surface area contributed by atoms with Gasteiger partial charge in [-0.25, -0.2) is 4.79 Å². The van der Waals surface area contributed by atoms with E-state index in [1.165, 1.54) is 0 Å². The number of ether oxygens (including phenoxy) is 1. The highest BCUT2D eigenvalue weighted by molar-refractivity contribution is 5.93. The molecule has 2 aromatic rings. The Labute approximate surface area is 154 Å². The maximum absolute atomic E-state index is 11.9. The number of pyridine rings is 1. The lowest BCUT2D eigenvalue weighted by molar-refractivity contribution is 0.0353. The first kappa shape index (κ1) is 17.2. The van der Waals surface area contributed by atoms with Gasteiger partial charge in [0, 0.05) is 44.5 Å². The number of carbonyl (C=O) groups excluding carboxylic acids is 1. The maximum atomic E-state index is 11.9. The predicted molar refractivity (Wildman–Crippen MR) is 99.8 cm³/mol. The van der Waals surface area contributed by atoms with E-state index >= 15 is 0 Å². The second-order valence-electron chi connectivity index (χ2n) is 7.06. The number of rotatable bonds is 6. The highest BCUT2D eigenvalue weighted by Gasteiger charge is 2.30. The molecule has 1 aromatic carbocycles. The number of hydrogen-bond donors (Lipinski definition) is 0. The molecule has 2 aliphatic heterocycles. The van der Waals surface area contributed by atoms with E-state index in [2.05, 4.69) is 20.9 Å². The van der Waals surface area contributed by atoms with Crippen LogP contribution in [0.1, 0.15) is 40.6 Å². The lowest BCUT2D eigenvalue weighted by Gasteiger charge is -2.34.